The molecule has 0 saturated heterocycles. The summed E-state index contributed by atoms with van der Waals surface area (Å²) < 4.78 is 52.9. The van der Waals surface area contributed by atoms with Crippen molar-refractivity contribution >= 4 is 28.3 Å². The molecule has 0 bridgehead atoms. The second kappa shape index (κ2) is 7.81. The van der Waals surface area contributed by atoms with Gasteiger partial charge in [0.2, 0.25) is 15.9 Å². The molecule has 12 heteroatoms. The van der Waals surface area contributed by atoms with Crippen molar-refractivity contribution < 1.29 is 22.0 Å². The van der Waals surface area contributed by atoms with Gasteiger partial charge >= 0.3 is 0 Å². The number of carbonyl (C=O) groups excluding carboxylic acids is 1. The summed E-state index contributed by atoms with van der Waals surface area (Å²) >= 11 is 0. The maximum absolute atomic E-state index is 12.9. The van der Waals surface area contributed by atoms with E-state index in [9.17, 15) is 22.0 Å². The number of aromatic nitrogens is 2. The van der Waals surface area contributed by atoms with Crippen LogP contribution >= 0.6 is 12.4 Å². The Hall–Kier alpha value is -1.30. The average Bonchev–Trinajstić information content (AvgIpc) is 2.83. The number of alkyl halides is 2. The molecule has 1 heterocycles. The fraction of sp³-hybridized carbons (Fsp3) is 0.600. The first kappa shape index (κ1) is 20.7. The van der Waals surface area contributed by atoms with Gasteiger partial charge in [-0.3, -0.25) is 9.48 Å². The van der Waals surface area contributed by atoms with Crippen LogP contribution in [0, 0.1) is 0 Å². The van der Waals surface area contributed by atoms with Crippen molar-refractivity contribution in [3.63, 3.8) is 0 Å². The Labute approximate surface area is 132 Å². The Bertz CT molecular complexity index is 607. The lowest BCUT2D eigenvalue weighted by molar-refractivity contribution is -0.124. The van der Waals surface area contributed by atoms with Gasteiger partial charge in [0.25, 0.3) is 5.92 Å². The fourth-order valence-corrected chi connectivity index (χ4v) is 2.52. The Morgan fingerprint density at radius 1 is 1.55 bits per heavy atom. The monoisotopic (exact) mass is 361 g/mol. The molecule has 0 saturated carbocycles. The minimum absolute atomic E-state index is 0. The molecular weight excluding hydrogens is 344 g/mol. The van der Waals surface area contributed by atoms with E-state index in [1.54, 1.807) is 0 Å². The molecule has 8 nitrogen and oxygen atoms in total. The van der Waals surface area contributed by atoms with Crippen molar-refractivity contribution in [2.24, 2.45) is 12.8 Å². The van der Waals surface area contributed by atoms with Crippen molar-refractivity contribution in [3.8, 4) is 0 Å². The zero-order valence-corrected chi connectivity index (χ0v) is 13.5. The summed E-state index contributed by atoms with van der Waals surface area (Å²) in [5.41, 5.74) is 4.83. The number of hydrogen-bond acceptors (Lipinski definition) is 5. The van der Waals surface area contributed by atoms with Crippen molar-refractivity contribution in [2.75, 3.05) is 13.1 Å². The molecule has 1 amide bonds. The molecular formula is C10H18ClF2N5O3S. The second-order valence-corrected chi connectivity index (χ2v) is 6.18. The van der Waals surface area contributed by atoms with Gasteiger partial charge in [-0.25, -0.2) is 17.2 Å². The minimum Gasteiger partial charge on any atom is -0.349 e. The summed E-state index contributed by atoms with van der Waals surface area (Å²) in [7, 11) is -2.42. The summed E-state index contributed by atoms with van der Waals surface area (Å²) in [4.78, 5) is 11.5. The first-order chi connectivity index (χ1) is 9.57. The van der Waals surface area contributed by atoms with Crippen molar-refractivity contribution in [2.45, 2.75) is 23.8 Å². The summed E-state index contributed by atoms with van der Waals surface area (Å²) in [6.07, 6.45) is 2.35. The molecule has 0 radical (unpaired) electrons. The number of amides is 1. The Morgan fingerprint density at radius 2 is 2.14 bits per heavy atom. The molecule has 1 aromatic rings. The lowest BCUT2D eigenvalue weighted by Crippen LogP contribution is -2.49. The SMILES string of the molecule is CC(NS(=O)(=O)c1cnn(C)c1)C(=O)NCC(F)(F)CN.Cl. The van der Waals surface area contributed by atoms with Gasteiger partial charge in [0, 0.05) is 13.2 Å². The highest BCUT2D eigenvalue weighted by Crippen LogP contribution is 2.09. The zero-order valence-electron chi connectivity index (χ0n) is 11.9. The lowest BCUT2D eigenvalue weighted by Gasteiger charge is -2.17. The first-order valence-corrected chi connectivity index (χ1v) is 7.42. The van der Waals surface area contributed by atoms with E-state index in [0.29, 0.717) is 0 Å². The van der Waals surface area contributed by atoms with Gasteiger partial charge in [-0.1, -0.05) is 0 Å². The molecule has 0 fully saturated rings. The molecule has 0 aliphatic rings. The van der Waals surface area contributed by atoms with E-state index in [4.69, 9.17) is 5.73 Å². The van der Waals surface area contributed by atoms with Gasteiger partial charge in [-0.05, 0) is 6.92 Å². The average molecular weight is 362 g/mol. The number of nitrogens with two attached hydrogens (primary N) is 1. The molecule has 1 rings (SSSR count). The number of sulfonamides is 1. The van der Waals surface area contributed by atoms with Crippen LogP contribution in [-0.2, 0) is 21.9 Å². The highest BCUT2D eigenvalue weighted by Gasteiger charge is 2.29. The maximum atomic E-state index is 12.9. The van der Waals surface area contributed by atoms with Gasteiger partial charge < -0.3 is 11.1 Å². The van der Waals surface area contributed by atoms with Gasteiger partial charge in [-0.15, -0.1) is 12.4 Å². The summed E-state index contributed by atoms with van der Waals surface area (Å²) in [6.45, 7) is -0.631. The standard InChI is InChI=1S/C10H17F2N5O3S.ClH/c1-7(9(18)14-6-10(11,12)5-13)16-21(19,20)8-3-15-17(2)4-8;/h3-4,7,16H,5-6,13H2,1-2H3,(H,14,18);1H. The van der Waals surface area contributed by atoms with E-state index in [1.807, 2.05) is 5.32 Å². The van der Waals surface area contributed by atoms with Crippen LogP contribution in [0.5, 0.6) is 0 Å². The normalized spacial score (nSPS) is 13.3. The number of rotatable bonds is 7. The molecule has 1 unspecified atom stereocenters. The minimum atomic E-state index is -3.95. The molecule has 1 atom stereocenters. The molecule has 0 aliphatic carbocycles. The van der Waals surface area contributed by atoms with Crippen LogP contribution in [0.3, 0.4) is 0 Å². The summed E-state index contributed by atoms with van der Waals surface area (Å²) in [5.74, 6) is -4.12. The molecule has 0 spiro atoms. The highest BCUT2D eigenvalue weighted by molar-refractivity contribution is 7.89. The third kappa shape index (κ3) is 5.83. The number of carbonyl (C=O) groups is 1. The highest BCUT2D eigenvalue weighted by atomic mass is 35.5. The van der Waals surface area contributed by atoms with Gasteiger partial charge in [0.15, 0.2) is 0 Å². The third-order valence-corrected chi connectivity index (χ3v) is 4.03. The number of aryl methyl sites for hydroxylation is 1. The molecule has 1 aromatic heterocycles. The predicted octanol–water partition coefficient (Wildman–Crippen LogP) is -0.781. The maximum Gasteiger partial charge on any atom is 0.277 e. The number of hydrogen-bond donors (Lipinski definition) is 3. The zero-order chi connectivity index (χ0) is 16.3. The first-order valence-electron chi connectivity index (χ1n) is 5.94. The number of halogens is 3. The van der Waals surface area contributed by atoms with E-state index in [1.165, 1.54) is 24.9 Å². The van der Waals surface area contributed by atoms with Crippen molar-refractivity contribution in [1.29, 1.82) is 0 Å². The van der Waals surface area contributed by atoms with Crippen LogP contribution in [0.1, 0.15) is 6.92 Å². The lowest BCUT2D eigenvalue weighted by atomic mass is 10.3. The number of nitrogens with one attached hydrogen (secondary N) is 2. The van der Waals surface area contributed by atoms with Gasteiger partial charge in [0.1, 0.15) is 4.90 Å². The van der Waals surface area contributed by atoms with Crippen LogP contribution < -0.4 is 15.8 Å². The molecule has 0 aliphatic heterocycles. The van der Waals surface area contributed by atoms with Crippen LogP contribution in [-0.4, -0.2) is 49.2 Å². The molecule has 0 aromatic carbocycles. The largest absolute Gasteiger partial charge is 0.349 e. The van der Waals surface area contributed by atoms with E-state index >= 15 is 0 Å². The van der Waals surface area contributed by atoms with Crippen LogP contribution in [0.25, 0.3) is 0 Å². The number of nitrogens with zero attached hydrogens (tertiary/aromatic N) is 2. The van der Waals surface area contributed by atoms with E-state index < -0.39 is 41.0 Å². The predicted molar refractivity (Wildman–Crippen MR) is 77.3 cm³/mol. The summed E-state index contributed by atoms with van der Waals surface area (Å²) in [6, 6.07) is -1.22. The smallest absolute Gasteiger partial charge is 0.277 e. The van der Waals surface area contributed by atoms with Gasteiger partial charge in [0.05, 0.1) is 25.3 Å². The van der Waals surface area contributed by atoms with E-state index in [0.717, 1.165) is 6.20 Å². The van der Waals surface area contributed by atoms with Crippen LogP contribution in [0.15, 0.2) is 17.3 Å². The van der Waals surface area contributed by atoms with E-state index in [2.05, 4.69) is 9.82 Å². The summed E-state index contributed by atoms with van der Waals surface area (Å²) in [5, 5.41) is 5.63. The second-order valence-electron chi connectivity index (χ2n) is 4.47. The van der Waals surface area contributed by atoms with Crippen molar-refractivity contribution in [1.82, 2.24) is 19.8 Å². The molecule has 4 N–H and O–H groups in total. The Kier molecular flexibility index (Phi) is 7.35. The third-order valence-electron chi connectivity index (χ3n) is 2.54. The van der Waals surface area contributed by atoms with Crippen LogP contribution in [0.4, 0.5) is 8.78 Å². The molecule has 128 valence electrons. The Balaban J connectivity index is 0.00000441. The van der Waals surface area contributed by atoms with Crippen LogP contribution in [0.2, 0.25) is 0 Å². The Morgan fingerprint density at radius 3 is 2.59 bits per heavy atom. The topological polar surface area (TPSA) is 119 Å². The quantitative estimate of drug-likeness (QED) is 0.588. The fourth-order valence-electron chi connectivity index (χ4n) is 1.33. The van der Waals surface area contributed by atoms with Crippen molar-refractivity contribution in [3.05, 3.63) is 12.4 Å². The molecule has 22 heavy (non-hydrogen) atoms. The van der Waals surface area contributed by atoms with E-state index in [-0.39, 0.29) is 17.3 Å². The van der Waals surface area contributed by atoms with Gasteiger partial charge in [-0.2, -0.15) is 9.82 Å².